The maximum Gasteiger partial charge on any atom is 0.325 e. The second-order valence-electron chi connectivity index (χ2n) is 10.8. The molecule has 1 unspecified atom stereocenters. The fourth-order valence-corrected chi connectivity index (χ4v) is 5.47. The fourth-order valence-electron chi connectivity index (χ4n) is 5.47. The fraction of sp³-hybridized carbons (Fsp3) is 0.344. The van der Waals surface area contributed by atoms with Crippen molar-refractivity contribution in [1.82, 2.24) is 19.8 Å². The number of fused-ring (bicyclic) bond motifs is 1. The molecule has 0 saturated carbocycles. The van der Waals surface area contributed by atoms with Gasteiger partial charge in [0.2, 0.25) is 0 Å². The third-order valence-corrected chi connectivity index (χ3v) is 8.46. The van der Waals surface area contributed by atoms with Gasteiger partial charge in [0.25, 0.3) is 5.91 Å². The van der Waals surface area contributed by atoms with Crippen molar-refractivity contribution >= 4 is 40.0 Å². The monoisotopic (exact) mass is 554 g/mol. The van der Waals surface area contributed by atoms with Crippen LogP contribution in [0.2, 0.25) is 0 Å². The molecule has 0 radical (unpaired) electrons. The first kappa shape index (κ1) is 28.3. The van der Waals surface area contributed by atoms with E-state index in [0.29, 0.717) is 11.4 Å². The minimum absolute atomic E-state index is 0.188. The van der Waals surface area contributed by atoms with Crippen LogP contribution in [0.4, 0.5) is 22.0 Å². The summed E-state index contributed by atoms with van der Waals surface area (Å²) in [7, 11) is 3.55. The summed E-state index contributed by atoms with van der Waals surface area (Å²) in [6.45, 7) is 5.94. The number of carbonyl (C=O) groups excluding carboxylic acids is 2. The first-order valence-corrected chi connectivity index (χ1v) is 14.1. The Bertz CT molecular complexity index is 1540. The van der Waals surface area contributed by atoms with E-state index in [-0.39, 0.29) is 18.0 Å². The molecule has 9 heteroatoms. The van der Waals surface area contributed by atoms with E-state index in [1.807, 2.05) is 79.5 Å². The lowest BCUT2D eigenvalue weighted by Crippen LogP contribution is -2.44. The molecule has 3 heterocycles. The Morgan fingerprint density at radius 1 is 1.05 bits per heavy atom. The van der Waals surface area contributed by atoms with Gasteiger partial charge in [0.15, 0.2) is 0 Å². The van der Waals surface area contributed by atoms with Crippen LogP contribution in [0.1, 0.15) is 55.1 Å². The number of likely N-dealkylation sites (tertiary alicyclic amines) is 1. The van der Waals surface area contributed by atoms with E-state index >= 15 is 0 Å². The molecule has 5 rings (SSSR count). The predicted molar refractivity (Wildman–Crippen MR) is 163 cm³/mol. The number of amides is 2. The minimum atomic E-state index is -0.535. The van der Waals surface area contributed by atoms with E-state index < -0.39 is 5.60 Å². The van der Waals surface area contributed by atoms with Crippen LogP contribution < -0.4 is 15.5 Å². The number of hydrogen-bond acceptors (Lipinski definition) is 6. The quantitative estimate of drug-likeness (QED) is 0.277. The number of nitrogens with one attached hydrogen (secondary N) is 2. The zero-order valence-corrected chi connectivity index (χ0v) is 24.1. The molecule has 1 fully saturated rings. The molecule has 1 atom stereocenters. The second-order valence-corrected chi connectivity index (χ2v) is 10.8. The Kier molecular flexibility index (Phi) is 8.10. The van der Waals surface area contributed by atoms with Crippen LogP contribution in [-0.4, -0.2) is 64.3 Å². The third kappa shape index (κ3) is 5.96. The highest BCUT2D eigenvalue weighted by Gasteiger charge is 2.32. The van der Waals surface area contributed by atoms with Crippen molar-refractivity contribution in [2.24, 2.45) is 0 Å². The van der Waals surface area contributed by atoms with Crippen molar-refractivity contribution in [3.05, 3.63) is 84.2 Å². The number of carbonyl (C=O) groups is 2. The number of aromatic nitrogens is 2. The Labute approximate surface area is 240 Å². The van der Waals surface area contributed by atoms with E-state index in [4.69, 9.17) is 0 Å². The number of aliphatic hydroxyl groups is 1. The largest absolute Gasteiger partial charge is 0.390 e. The first-order valence-electron chi connectivity index (χ1n) is 14.1. The second kappa shape index (κ2) is 11.7. The molecule has 0 spiro atoms. The molecule has 3 N–H and O–H groups in total. The number of anilines is 3. The lowest BCUT2D eigenvalue weighted by Gasteiger charge is -2.40. The van der Waals surface area contributed by atoms with Gasteiger partial charge in [-0.15, -0.1) is 0 Å². The van der Waals surface area contributed by atoms with Gasteiger partial charge in [-0.1, -0.05) is 19.1 Å². The summed E-state index contributed by atoms with van der Waals surface area (Å²) >= 11 is 0. The maximum absolute atomic E-state index is 13.0. The van der Waals surface area contributed by atoms with E-state index in [2.05, 4.69) is 27.4 Å². The van der Waals surface area contributed by atoms with E-state index in [1.54, 1.807) is 24.0 Å². The number of rotatable bonds is 7. The molecule has 2 amide bonds. The average Bonchev–Trinajstić information content (AvgIpc) is 3.44. The molecule has 4 aromatic rings. The van der Waals surface area contributed by atoms with E-state index in [1.165, 1.54) is 0 Å². The number of piperidine rings is 1. The molecule has 1 saturated heterocycles. The minimum Gasteiger partial charge on any atom is -0.390 e. The Morgan fingerprint density at radius 3 is 2.44 bits per heavy atom. The summed E-state index contributed by atoms with van der Waals surface area (Å²) in [5.74, 6) is 0.236. The van der Waals surface area contributed by atoms with Crippen LogP contribution in [0.15, 0.2) is 73.1 Å². The van der Waals surface area contributed by atoms with Gasteiger partial charge in [0, 0.05) is 74.0 Å². The predicted octanol–water partition coefficient (Wildman–Crippen LogP) is 5.54. The van der Waals surface area contributed by atoms with E-state index in [0.717, 1.165) is 60.2 Å². The molecule has 0 aliphatic carbocycles. The SMILES string of the molecule is CCC1(O)CCN(C(C)c2ccc(C(=O)Nc3cc(N(C)c4ccc5c(ccn5C(=O)NC)c4)ccn3)cc2)CC1. The van der Waals surface area contributed by atoms with Crippen LogP contribution in [-0.2, 0) is 0 Å². The zero-order valence-electron chi connectivity index (χ0n) is 24.1. The van der Waals surface area contributed by atoms with Gasteiger partial charge in [-0.2, -0.15) is 0 Å². The number of benzene rings is 2. The molecule has 0 bridgehead atoms. The standard InChI is InChI=1S/C32H38N6O3/c1-5-32(41)14-18-37(19-15-32)22(2)23-6-8-24(9-7-23)30(39)35-29-21-27(12-16-34-29)36(4)26-10-11-28-25(20-26)13-17-38(28)31(40)33-3/h6-13,16-17,20-22,41H,5,14-15,18-19H2,1-4H3,(H,33,40)(H,34,35,39). The Hall–Kier alpha value is -4.21. The first-order chi connectivity index (χ1) is 19.7. The third-order valence-electron chi connectivity index (χ3n) is 8.46. The van der Waals surface area contributed by atoms with Crippen molar-refractivity contribution in [2.45, 2.75) is 44.8 Å². The number of nitrogens with zero attached hydrogens (tertiary/aromatic N) is 4. The zero-order chi connectivity index (χ0) is 29.1. The van der Waals surface area contributed by atoms with Gasteiger partial charge in [-0.3, -0.25) is 14.3 Å². The average molecular weight is 555 g/mol. The molecule has 1 aliphatic rings. The smallest absolute Gasteiger partial charge is 0.325 e. The lowest BCUT2D eigenvalue weighted by molar-refractivity contribution is -0.0322. The summed E-state index contributed by atoms with van der Waals surface area (Å²) < 4.78 is 1.58. The van der Waals surface area contributed by atoms with Crippen molar-refractivity contribution in [3.63, 3.8) is 0 Å². The molecular formula is C32H38N6O3. The highest BCUT2D eigenvalue weighted by Crippen LogP contribution is 2.31. The molecule has 214 valence electrons. The topological polar surface area (TPSA) is 103 Å². The Morgan fingerprint density at radius 2 is 1.76 bits per heavy atom. The van der Waals surface area contributed by atoms with Crippen LogP contribution in [0.3, 0.4) is 0 Å². The summed E-state index contributed by atoms with van der Waals surface area (Å²) in [6, 6.07) is 19.3. The van der Waals surface area contributed by atoms with Gasteiger partial charge in [0.05, 0.1) is 11.1 Å². The van der Waals surface area contributed by atoms with Crippen LogP contribution in [0.5, 0.6) is 0 Å². The van der Waals surface area contributed by atoms with Gasteiger partial charge < -0.3 is 20.6 Å². The Balaban J connectivity index is 1.24. The summed E-state index contributed by atoms with van der Waals surface area (Å²) in [4.78, 5) is 33.9. The normalized spacial score (nSPS) is 15.8. The van der Waals surface area contributed by atoms with Crippen LogP contribution in [0.25, 0.3) is 10.9 Å². The molecular weight excluding hydrogens is 516 g/mol. The van der Waals surface area contributed by atoms with Gasteiger partial charge in [-0.25, -0.2) is 9.78 Å². The number of hydrogen-bond donors (Lipinski definition) is 3. The van der Waals surface area contributed by atoms with Gasteiger partial charge >= 0.3 is 6.03 Å². The van der Waals surface area contributed by atoms with Crippen molar-refractivity contribution in [3.8, 4) is 0 Å². The highest BCUT2D eigenvalue weighted by atomic mass is 16.3. The van der Waals surface area contributed by atoms with E-state index in [9.17, 15) is 14.7 Å². The van der Waals surface area contributed by atoms with Crippen LogP contribution in [0, 0.1) is 0 Å². The van der Waals surface area contributed by atoms with Crippen molar-refractivity contribution < 1.29 is 14.7 Å². The molecule has 1 aliphatic heterocycles. The number of pyridine rings is 1. The molecule has 9 nitrogen and oxygen atoms in total. The molecule has 2 aromatic carbocycles. The molecule has 2 aromatic heterocycles. The maximum atomic E-state index is 13.0. The van der Waals surface area contributed by atoms with Crippen LogP contribution >= 0.6 is 0 Å². The summed E-state index contributed by atoms with van der Waals surface area (Å²) in [5, 5.41) is 17.1. The molecule has 41 heavy (non-hydrogen) atoms. The highest BCUT2D eigenvalue weighted by molar-refractivity contribution is 6.04. The van der Waals surface area contributed by atoms with Crippen molar-refractivity contribution in [1.29, 1.82) is 0 Å². The summed E-state index contributed by atoms with van der Waals surface area (Å²) in [6.07, 6.45) is 5.79. The van der Waals surface area contributed by atoms with Crippen molar-refractivity contribution in [2.75, 3.05) is 37.4 Å². The van der Waals surface area contributed by atoms with Gasteiger partial charge in [-0.05, 0) is 74.2 Å². The summed E-state index contributed by atoms with van der Waals surface area (Å²) in [5.41, 5.74) is 3.80. The van der Waals surface area contributed by atoms with Gasteiger partial charge in [0.1, 0.15) is 5.82 Å². The lowest BCUT2D eigenvalue weighted by atomic mass is 9.88.